The Morgan fingerprint density at radius 2 is 1.02 bits per heavy atom. The lowest BCUT2D eigenvalue weighted by Crippen LogP contribution is -2.00. The van der Waals surface area contributed by atoms with E-state index in [0.717, 1.165) is 49.4 Å². The van der Waals surface area contributed by atoms with Crippen LogP contribution >= 0.6 is 0 Å². The van der Waals surface area contributed by atoms with Gasteiger partial charge in [-0.1, -0.05) is 133 Å². The first-order valence-corrected chi connectivity index (χ1v) is 16.3. The molecule has 10 aromatic rings. The minimum atomic E-state index is -0.240. The van der Waals surface area contributed by atoms with E-state index in [2.05, 4.69) is 6.07 Å². The Morgan fingerprint density at radius 3 is 1.82 bits per heavy atom. The van der Waals surface area contributed by atoms with Crippen molar-refractivity contribution in [2.45, 2.75) is 0 Å². The van der Waals surface area contributed by atoms with E-state index in [4.69, 9.17) is 29.3 Å². The summed E-state index contributed by atoms with van der Waals surface area (Å²) in [7, 11) is 0. The van der Waals surface area contributed by atoms with E-state index in [1.54, 1.807) is 0 Å². The van der Waals surface area contributed by atoms with Crippen molar-refractivity contribution < 1.29 is 14.3 Å². The molecule has 0 unspecified atom stereocenters. The molecule has 10 rings (SSSR count). The molecule has 7 aromatic carbocycles. The van der Waals surface area contributed by atoms with Crippen LogP contribution in [0.15, 0.2) is 173 Å². The molecule has 0 atom stereocenters. The second kappa shape index (κ2) is 11.4. The largest absolute Gasteiger partial charge is 0.455 e. The average Bonchev–Trinajstić information content (AvgIpc) is 3.79. The minimum Gasteiger partial charge on any atom is -0.455 e. The predicted octanol–water partition coefficient (Wildman–Crippen LogP) is 12.0. The molecule has 5 heteroatoms. The lowest BCUT2D eigenvalue weighted by molar-refractivity contribution is 0.669. The number of hydrogen-bond donors (Lipinski definition) is 0. The second-order valence-electron chi connectivity index (χ2n) is 12.1. The number of aromatic nitrogens is 3. The Bertz CT molecular complexity index is 3050. The van der Waals surface area contributed by atoms with E-state index < -0.39 is 0 Å². The van der Waals surface area contributed by atoms with Gasteiger partial charge in [-0.2, -0.15) is 0 Å². The highest BCUT2D eigenvalue weighted by atomic mass is 16.3. The molecule has 0 aliphatic heterocycles. The first kappa shape index (κ1) is 24.3. The molecule has 50 heavy (non-hydrogen) atoms. The molecule has 3 aromatic heterocycles. The van der Waals surface area contributed by atoms with Gasteiger partial charge in [-0.05, 0) is 47.0 Å². The molecule has 0 saturated heterocycles. The number of para-hydroxylation sites is 2. The highest BCUT2D eigenvalue weighted by Gasteiger charge is 2.21. The van der Waals surface area contributed by atoms with Gasteiger partial charge in [0.2, 0.25) is 0 Å². The highest BCUT2D eigenvalue weighted by molar-refractivity contribution is 6.17. The van der Waals surface area contributed by atoms with Gasteiger partial charge in [-0.15, -0.1) is 0 Å². The molecule has 0 saturated carbocycles. The number of rotatable bonds is 5. The summed E-state index contributed by atoms with van der Waals surface area (Å²) in [6.45, 7) is 0. The zero-order valence-electron chi connectivity index (χ0n) is 30.4. The first-order valence-electron chi connectivity index (χ1n) is 18.3. The van der Waals surface area contributed by atoms with E-state index in [0.29, 0.717) is 45.4 Å². The standard InChI is InChI=1S/C45H27N3O2/c1-4-14-28(15-5-1)36-26-31(27-37-33-20-10-11-24-38(33)49-42(36)37)32-21-13-25-39-40(32)34-22-12-23-35(41(34)50-39)45-47-43(29-16-6-2-7-17-29)46-44(48-45)30-18-8-3-9-19-30/h1-27H/i1D,4D,14D,15D. The van der Waals surface area contributed by atoms with Crippen LogP contribution in [0, 0.1) is 0 Å². The molecule has 0 N–H and O–H groups in total. The van der Waals surface area contributed by atoms with E-state index in [1.165, 1.54) is 6.07 Å². The number of benzene rings is 7. The highest BCUT2D eigenvalue weighted by Crippen LogP contribution is 2.44. The van der Waals surface area contributed by atoms with Gasteiger partial charge in [0.15, 0.2) is 17.5 Å². The third-order valence-corrected chi connectivity index (χ3v) is 9.07. The zero-order chi connectivity index (χ0) is 36.5. The SMILES string of the molecule is [2H]c1cc([2H])c(-c2cc(-c3cccc4oc5c(-c6nc(-c7ccccc7)nc(-c7ccccc7)n6)cccc5c34)cc3c2oc2ccccc23)c([2H])c1[2H]. The maximum absolute atomic E-state index is 8.86. The molecular weight excluding hydrogens is 615 g/mol. The lowest BCUT2D eigenvalue weighted by atomic mass is 9.93. The molecule has 0 spiro atoms. The fourth-order valence-electron chi connectivity index (χ4n) is 6.79. The van der Waals surface area contributed by atoms with Gasteiger partial charge in [0.05, 0.1) is 11.0 Å². The van der Waals surface area contributed by atoms with Crippen molar-refractivity contribution in [3.63, 3.8) is 0 Å². The summed E-state index contributed by atoms with van der Waals surface area (Å²) in [6, 6.07) is 44.0. The molecule has 5 nitrogen and oxygen atoms in total. The van der Waals surface area contributed by atoms with Crippen LogP contribution in [-0.4, -0.2) is 15.0 Å². The van der Waals surface area contributed by atoms with Crippen LogP contribution in [0.4, 0.5) is 0 Å². The number of fused-ring (bicyclic) bond motifs is 6. The molecule has 0 aliphatic carbocycles. The Labute approximate surface area is 292 Å². The second-order valence-corrected chi connectivity index (χ2v) is 12.1. The number of furan rings is 2. The minimum absolute atomic E-state index is 0.0152. The van der Waals surface area contributed by atoms with E-state index in [-0.39, 0.29) is 29.7 Å². The van der Waals surface area contributed by atoms with Crippen molar-refractivity contribution in [3.05, 3.63) is 164 Å². The average molecular weight is 646 g/mol. The van der Waals surface area contributed by atoms with Crippen molar-refractivity contribution >= 4 is 43.9 Å². The Hall–Kier alpha value is -6.85. The van der Waals surface area contributed by atoms with Crippen LogP contribution in [0.2, 0.25) is 0 Å². The summed E-state index contributed by atoms with van der Waals surface area (Å²) in [6.07, 6.45) is 0. The van der Waals surface area contributed by atoms with Gasteiger partial charge >= 0.3 is 0 Å². The topological polar surface area (TPSA) is 65.0 Å². The maximum atomic E-state index is 8.86. The van der Waals surface area contributed by atoms with E-state index in [1.807, 2.05) is 127 Å². The quantitative estimate of drug-likeness (QED) is 0.186. The molecule has 0 amide bonds. The molecule has 0 bridgehead atoms. The normalized spacial score (nSPS) is 12.7. The first-order chi connectivity index (χ1) is 26.4. The fraction of sp³-hybridized carbons (Fsp3) is 0. The molecule has 0 radical (unpaired) electrons. The van der Waals surface area contributed by atoms with Crippen LogP contribution in [0.3, 0.4) is 0 Å². The Balaban J connectivity index is 1.23. The summed E-state index contributed by atoms with van der Waals surface area (Å²) in [4.78, 5) is 14.8. The van der Waals surface area contributed by atoms with E-state index in [9.17, 15) is 0 Å². The van der Waals surface area contributed by atoms with Crippen LogP contribution < -0.4 is 0 Å². The van der Waals surface area contributed by atoms with Crippen molar-refractivity contribution in [1.29, 1.82) is 0 Å². The third kappa shape index (κ3) is 4.60. The smallest absolute Gasteiger partial charge is 0.167 e. The van der Waals surface area contributed by atoms with Crippen LogP contribution in [0.1, 0.15) is 5.48 Å². The van der Waals surface area contributed by atoms with Gasteiger partial charge in [-0.25, -0.2) is 15.0 Å². The summed E-state index contributed by atoms with van der Waals surface area (Å²) in [5.74, 6) is 1.59. The monoisotopic (exact) mass is 645 g/mol. The van der Waals surface area contributed by atoms with Crippen LogP contribution in [-0.2, 0) is 0 Å². The van der Waals surface area contributed by atoms with E-state index >= 15 is 0 Å². The van der Waals surface area contributed by atoms with Crippen LogP contribution in [0.25, 0.3) is 100 Å². The molecule has 0 aliphatic rings. The molecule has 234 valence electrons. The van der Waals surface area contributed by atoms with Gasteiger partial charge in [-0.3, -0.25) is 0 Å². The number of nitrogens with zero attached hydrogens (tertiary/aromatic N) is 3. The predicted molar refractivity (Wildman–Crippen MR) is 202 cm³/mol. The molecule has 3 heterocycles. The van der Waals surface area contributed by atoms with Crippen molar-refractivity contribution in [1.82, 2.24) is 15.0 Å². The summed E-state index contributed by atoms with van der Waals surface area (Å²) in [5, 5.41) is 3.46. The van der Waals surface area contributed by atoms with Crippen molar-refractivity contribution in [2.24, 2.45) is 0 Å². The molecule has 0 fully saturated rings. The van der Waals surface area contributed by atoms with Gasteiger partial charge in [0.1, 0.15) is 22.3 Å². The molecular formula is C45H27N3O2. The van der Waals surface area contributed by atoms with Crippen molar-refractivity contribution in [2.75, 3.05) is 0 Å². The summed E-state index contributed by atoms with van der Waals surface area (Å²) >= 11 is 0. The lowest BCUT2D eigenvalue weighted by Gasteiger charge is -2.10. The zero-order valence-corrected chi connectivity index (χ0v) is 26.4. The Morgan fingerprint density at radius 1 is 0.400 bits per heavy atom. The Kier molecular flexibility index (Phi) is 5.54. The van der Waals surface area contributed by atoms with Gasteiger partial charge in [0.25, 0.3) is 0 Å². The van der Waals surface area contributed by atoms with Gasteiger partial charge in [0, 0.05) is 38.2 Å². The summed E-state index contributed by atoms with van der Waals surface area (Å²) in [5.41, 5.74) is 7.41. The van der Waals surface area contributed by atoms with Crippen LogP contribution in [0.5, 0.6) is 0 Å². The summed E-state index contributed by atoms with van der Waals surface area (Å²) < 4.78 is 47.4. The van der Waals surface area contributed by atoms with Crippen molar-refractivity contribution in [3.8, 4) is 56.4 Å². The number of hydrogen-bond acceptors (Lipinski definition) is 5. The maximum Gasteiger partial charge on any atom is 0.167 e. The fourth-order valence-corrected chi connectivity index (χ4v) is 6.79. The van der Waals surface area contributed by atoms with Gasteiger partial charge < -0.3 is 8.83 Å². The third-order valence-electron chi connectivity index (χ3n) is 9.07.